The molecule has 3 rings (SSSR count). The topological polar surface area (TPSA) is 47.0 Å². The molecule has 1 aromatic carbocycles. The fraction of sp³-hybridized carbons (Fsp3) is 0.412. The zero-order valence-electron chi connectivity index (χ0n) is 12.6. The van der Waals surface area contributed by atoms with Crippen molar-refractivity contribution in [3.05, 3.63) is 53.1 Å². The van der Waals surface area contributed by atoms with Gasteiger partial charge in [0.15, 0.2) is 0 Å². The highest BCUT2D eigenvalue weighted by Gasteiger charge is 2.19. The Labute approximate surface area is 125 Å². The van der Waals surface area contributed by atoms with Gasteiger partial charge in [-0.05, 0) is 43.1 Å². The second-order valence-electron chi connectivity index (χ2n) is 5.38. The second kappa shape index (κ2) is 6.22. The highest BCUT2D eigenvalue weighted by atomic mass is 16.5. The lowest BCUT2D eigenvalue weighted by Crippen LogP contribution is -2.24. The number of rotatable bonds is 5. The largest absolute Gasteiger partial charge is 0.493 e. The third-order valence-electron chi connectivity index (χ3n) is 3.74. The van der Waals surface area contributed by atoms with Gasteiger partial charge in [0.25, 0.3) is 0 Å². The first kappa shape index (κ1) is 14.0. The van der Waals surface area contributed by atoms with Crippen LogP contribution in [0.1, 0.15) is 42.0 Å². The van der Waals surface area contributed by atoms with E-state index in [-0.39, 0.29) is 6.04 Å². The minimum Gasteiger partial charge on any atom is -0.493 e. The summed E-state index contributed by atoms with van der Waals surface area (Å²) in [6.07, 6.45) is 3.91. The Morgan fingerprint density at radius 2 is 2.24 bits per heavy atom. The third-order valence-corrected chi connectivity index (χ3v) is 3.74. The number of benzene rings is 1. The first-order valence-corrected chi connectivity index (χ1v) is 7.56. The van der Waals surface area contributed by atoms with Gasteiger partial charge in [0.1, 0.15) is 11.6 Å². The third kappa shape index (κ3) is 3.05. The zero-order valence-corrected chi connectivity index (χ0v) is 12.6. The highest BCUT2D eigenvalue weighted by Crippen LogP contribution is 2.30. The van der Waals surface area contributed by atoms with E-state index in [0.717, 1.165) is 43.3 Å². The van der Waals surface area contributed by atoms with Crippen LogP contribution in [-0.4, -0.2) is 23.1 Å². The molecule has 1 aromatic heterocycles. The van der Waals surface area contributed by atoms with Crippen LogP contribution >= 0.6 is 0 Å². The molecule has 2 heterocycles. The van der Waals surface area contributed by atoms with Gasteiger partial charge < -0.3 is 10.1 Å². The number of ether oxygens (including phenoxy) is 1. The van der Waals surface area contributed by atoms with Crippen molar-refractivity contribution in [2.75, 3.05) is 13.2 Å². The van der Waals surface area contributed by atoms with Crippen molar-refractivity contribution in [1.82, 2.24) is 15.3 Å². The van der Waals surface area contributed by atoms with Crippen molar-refractivity contribution in [1.29, 1.82) is 0 Å². The fourth-order valence-corrected chi connectivity index (χ4v) is 2.70. The summed E-state index contributed by atoms with van der Waals surface area (Å²) in [6.45, 7) is 5.85. The van der Waals surface area contributed by atoms with Crippen LogP contribution in [0.2, 0.25) is 0 Å². The lowest BCUT2D eigenvalue weighted by molar-refractivity contribution is 0.356. The van der Waals surface area contributed by atoms with Crippen LogP contribution < -0.4 is 10.1 Å². The van der Waals surface area contributed by atoms with Crippen LogP contribution in [0.15, 0.2) is 30.5 Å². The van der Waals surface area contributed by atoms with Gasteiger partial charge in [-0.3, -0.25) is 0 Å². The summed E-state index contributed by atoms with van der Waals surface area (Å²) in [6, 6.07) is 8.55. The molecule has 0 amide bonds. The Hall–Kier alpha value is -1.94. The predicted molar refractivity (Wildman–Crippen MR) is 82.5 cm³/mol. The lowest BCUT2D eigenvalue weighted by atomic mass is 9.99. The SMILES string of the molecule is CCCNC(c1ccc2c(c1)CCO2)c1ccnc(C)n1. The average Bonchev–Trinajstić information content (AvgIpc) is 2.95. The van der Waals surface area contributed by atoms with Gasteiger partial charge in [-0.2, -0.15) is 0 Å². The molecule has 0 bridgehead atoms. The van der Waals surface area contributed by atoms with Crippen LogP contribution in [0, 0.1) is 6.92 Å². The van der Waals surface area contributed by atoms with Gasteiger partial charge in [0.2, 0.25) is 0 Å². The predicted octanol–water partition coefficient (Wildman–Crippen LogP) is 2.81. The van der Waals surface area contributed by atoms with Crippen molar-refractivity contribution in [2.24, 2.45) is 0 Å². The van der Waals surface area contributed by atoms with E-state index >= 15 is 0 Å². The Bertz CT molecular complexity index is 627. The summed E-state index contributed by atoms with van der Waals surface area (Å²) in [4.78, 5) is 8.79. The Morgan fingerprint density at radius 1 is 1.33 bits per heavy atom. The molecule has 1 aliphatic rings. The molecule has 0 radical (unpaired) electrons. The normalized spacial score (nSPS) is 14.6. The first-order chi connectivity index (χ1) is 10.3. The molecule has 4 heteroatoms. The lowest BCUT2D eigenvalue weighted by Gasteiger charge is -2.19. The Morgan fingerprint density at radius 3 is 3.05 bits per heavy atom. The molecule has 0 saturated carbocycles. The molecule has 1 unspecified atom stereocenters. The maximum atomic E-state index is 5.59. The minimum absolute atomic E-state index is 0.109. The summed E-state index contributed by atoms with van der Waals surface area (Å²) in [5, 5.41) is 3.59. The van der Waals surface area contributed by atoms with Crippen LogP contribution in [-0.2, 0) is 6.42 Å². The van der Waals surface area contributed by atoms with Gasteiger partial charge in [-0.25, -0.2) is 9.97 Å². The minimum atomic E-state index is 0.109. The molecular formula is C17H21N3O. The molecular weight excluding hydrogens is 262 g/mol. The molecule has 0 spiro atoms. The van der Waals surface area contributed by atoms with E-state index in [1.165, 1.54) is 11.1 Å². The van der Waals surface area contributed by atoms with Crippen LogP contribution in [0.25, 0.3) is 0 Å². The Kier molecular flexibility index (Phi) is 4.15. The average molecular weight is 283 g/mol. The summed E-state index contributed by atoms with van der Waals surface area (Å²) in [7, 11) is 0. The van der Waals surface area contributed by atoms with E-state index in [1.807, 2.05) is 19.2 Å². The van der Waals surface area contributed by atoms with E-state index in [9.17, 15) is 0 Å². The first-order valence-electron chi connectivity index (χ1n) is 7.56. The van der Waals surface area contributed by atoms with Gasteiger partial charge >= 0.3 is 0 Å². The second-order valence-corrected chi connectivity index (χ2v) is 5.38. The summed E-state index contributed by atoms with van der Waals surface area (Å²) in [5.74, 6) is 1.83. The maximum absolute atomic E-state index is 5.59. The number of nitrogens with one attached hydrogen (secondary N) is 1. The fourth-order valence-electron chi connectivity index (χ4n) is 2.70. The molecule has 1 N–H and O–H groups in total. The van der Waals surface area contributed by atoms with Crippen LogP contribution in [0.5, 0.6) is 5.75 Å². The number of fused-ring (bicyclic) bond motifs is 1. The van der Waals surface area contributed by atoms with Crippen molar-refractivity contribution in [2.45, 2.75) is 32.7 Å². The molecule has 110 valence electrons. The smallest absolute Gasteiger partial charge is 0.125 e. The molecule has 0 aliphatic carbocycles. The number of aryl methyl sites for hydroxylation is 1. The number of nitrogens with zero attached hydrogens (tertiary/aromatic N) is 2. The van der Waals surface area contributed by atoms with E-state index in [0.29, 0.717) is 0 Å². The summed E-state index contributed by atoms with van der Waals surface area (Å²) >= 11 is 0. The van der Waals surface area contributed by atoms with Crippen molar-refractivity contribution in [3.8, 4) is 5.75 Å². The number of hydrogen-bond donors (Lipinski definition) is 1. The molecule has 1 atom stereocenters. The van der Waals surface area contributed by atoms with Gasteiger partial charge in [0, 0.05) is 12.6 Å². The summed E-state index contributed by atoms with van der Waals surface area (Å²) < 4.78 is 5.59. The van der Waals surface area contributed by atoms with Gasteiger partial charge in [-0.15, -0.1) is 0 Å². The molecule has 21 heavy (non-hydrogen) atoms. The molecule has 0 saturated heterocycles. The quantitative estimate of drug-likeness (QED) is 0.916. The van der Waals surface area contributed by atoms with Gasteiger partial charge in [0.05, 0.1) is 18.3 Å². The standard InChI is InChI=1S/C17H21N3O/c1-3-8-19-17(15-6-9-18-12(2)20-15)14-4-5-16-13(11-14)7-10-21-16/h4-6,9,11,17,19H,3,7-8,10H2,1-2H3. The van der Waals surface area contributed by atoms with E-state index in [2.05, 4.69) is 40.4 Å². The Balaban J connectivity index is 1.95. The van der Waals surface area contributed by atoms with E-state index < -0.39 is 0 Å². The number of aromatic nitrogens is 2. The molecule has 4 nitrogen and oxygen atoms in total. The van der Waals surface area contributed by atoms with Crippen LogP contribution in [0.3, 0.4) is 0 Å². The van der Waals surface area contributed by atoms with Crippen molar-refractivity contribution < 1.29 is 4.74 Å². The maximum Gasteiger partial charge on any atom is 0.125 e. The van der Waals surface area contributed by atoms with E-state index in [1.54, 1.807) is 0 Å². The van der Waals surface area contributed by atoms with Crippen molar-refractivity contribution in [3.63, 3.8) is 0 Å². The molecule has 2 aromatic rings. The van der Waals surface area contributed by atoms with E-state index in [4.69, 9.17) is 4.74 Å². The summed E-state index contributed by atoms with van der Waals surface area (Å²) in [5.41, 5.74) is 3.56. The van der Waals surface area contributed by atoms with Crippen LogP contribution in [0.4, 0.5) is 0 Å². The van der Waals surface area contributed by atoms with Crippen molar-refractivity contribution >= 4 is 0 Å². The molecule has 1 aliphatic heterocycles. The monoisotopic (exact) mass is 283 g/mol. The number of hydrogen-bond acceptors (Lipinski definition) is 4. The molecule has 0 fully saturated rings. The zero-order chi connectivity index (χ0) is 14.7. The van der Waals surface area contributed by atoms with Gasteiger partial charge in [-0.1, -0.05) is 19.1 Å². The highest BCUT2D eigenvalue weighted by molar-refractivity contribution is 5.42.